The van der Waals surface area contributed by atoms with Gasteiger partial charge in [-0.25, -0.2) is 4.99 Å². The Kier molecular flexibility index (Phi) is 10.4. The first-order valence-electron chi connectivity index (χ1n) is 9.40. The van der Waals surface area contributed by atoms with Crippen LogP contribution in [0.5, 0.6) is 0 Å². The molecule has 1 amide bonds. The Balaban J connectivity index is 2.44. The molecular formula is C20H35N5O. The van der Waals surface area contributed by atoms with Crippen molar-refractivity contribution in [3.63, 3.8) is 0 Å². The Hall–Kier alpha value is -2.08. The third-order valence-corrected chi connectivity index (χ3v) is 4.30. The third kappa shape index (κ3) is 8.85. The fraction of sp³-hybridized carbons (Fsp3) is 0.600. The van der Waals surface area contributed by atoms with Crippen LogP contribution in [0, 0.1) is 0 Å². The normalized spacial score (nSPS) is 12.8. The van der Waals surface area contributed by atoms with Gasteiger partial charge in [-0.3, -0.25) is 9.69 Å². The number of likely N-dealkylation sites (N-methyl/N-ethyl adjacent to an activating group) is 1. The lowest BCUT2D eigenvalue weighted by Gasteiger charge is -2.25. The average molecular weight is 362 g/mol. The van der Waals surface area contributed by atoms with E-state index in [4.69, 9.17) is 0 Å². The SMILES string of the molecule is CCCNC(=NCC(=O)N(C)C)NCCC(C)N(C)Cc1ccccc1. The first-order valence-corrected chi connectivity index (χ1v) is 9.40. The minimum atomic E-state index is -0.00133. The number of benzene rings is 1. The Labute approximate surface area is 158 Å². The molecule has 0 aliphatic rings. The van der Waals surface area contributed by atoms with Crippen molar-refractivity contribution in [1.82, 2.24) is 20.4 Å². The fourth-order valence-electron chi connectivity index (χ4n) is 2.35. The van der Waals surface area contributed by atoms with Crippen molar-refractivity contribution in [3.8, 4) is 0 Å². The highest BCUT2D eigenvalue weighted by Gasteiger charge is 2.10. The number of aliphatic imine (C=N–C) groups is 1. The van der Waals surface area contributed by atoms with Gasteiger partial charge in [-0.15, -0.1) is 0 Å². The quantitative estimate of drug-likeness (QED) is 0.494. The van der Waals surface area contributed by atoms with Crippen LogP contribution in [-0.2, 0) is 11.3 Å². The number of carbonyl (C=O) groups excluding carboxylic acids is 1. The summed E-state index contributed by atoms with van der Waals surface area (Å²) in [4.78, 5) is 20.0. The molecule has 0 fully saturated rings. The summed E-state index contributed by atoms with van der Waals surface area (Å²) in [5, 5.41) is 6.60. The van der Waals surface area contributed by atoms with Crippen LogP contribution >= 0.6 is 0 Å². The van der Waals surface area contributed by atoms with Crippen molar-refractivity contribution in [1.29, 1.82) is 0 Å². The molecule has 2 N–H and O–H groups in total. The van der Waals surface area contributed by atoms with E-state index in [2.05, 4.69) is 65.7 Å². The topological polar surface area (TPSA) is 60.0 Å². The second kappa shape index (κ2) is 12.3. The van der Waals surface area contributed by atoms with Crippen LogP contribution in [0.15, 0.2) is 35.3 Å². The summed E-state index contributed by atoms with van der Waals surface area (Å²) in [5.41, 5.74) is 1.32. The Bertz CT molecular complexity index is 544. The summed E-state index contributed by atoms with van der Waals surface area (Å²) < 4.78 is 0. The van der Waals surface area contributed by atoms with E-state index >= 15 is 0 Å². The van der Waals surface area contributed by atoms with Gasteiger partial charge in [-0.2, -0.15) is 0 Å². The van der Waals surface area contributed by atoms with Gasteiger partial charge in [0, 0.05) is 39.8 Å². The molecule has 6 nitrogen and oxygen atoms in total. The average Bonchev–Trinajstić information content (AvgIpc) is 2.63. The summed E-state index contributed by atoms with van der Waals surface area (Å²) >= 11 is 0. The van der Waals surface area contributed by atoms with Crippen LogP contribution in [-0.4, -0.2) is 68.5 Å². The molecule has 26 heavy (non-hydrogen) atoms. The zero-order valence-electron chi connectivity index (χ0n) is 17.0. The molecule has 1 unspecified atom stereocenters. The Morgan fingerprint density at radius 2 is 1.77 bits per heavy atom. The number of guanidine groups is 1. The van der Waals surface area contributed by atoms with E-state index in [1.54, 1.807) is 19.0 Å². The number of amides is 1. The van der Waals surface area contributed by atoms with Gasteiger partial charge in [-0.1, -0.05) is 37.3 Å². The van der Waals surface area contributed by atoms with E-state index in [0.29, 0.717) is 12.0 Å². The summed E-state index contributed by atoms with van der Waals surface area (Å²) in [7, 11) is 5.64. The van der Waals surface area contributed by atoms with E-state index in [-0.39, 0.29) is 12.5 Å². The lowest BCUT2D eigenvalue weighted by molar-refractivity contribution is -0.127. The molecule has 1 atom stereocenters. The zero-order chi connectivity index (χ0) is 19.4. The standard InChI is InChI=1S/C20H35N5O/c1-6-13-21-20(23-15-19(26)24(3)4)22-14-12-17(2)25(5)16-18-10-8-7-9-11-18/h7-11,17H,6,12-16H2,1-5H3,(H2,21,22,23). The minimum Gasteiger partial charge on any atom is -0.356 e. The molecule has 0 bridgehead atoms. The first-order chi connectivity index (χ1) is 12.4. The molecule has 146 valence electrons. The second-order valence-electron chi connectivity index (χ2n) is 6.84. The zero-order valence-corrected chi connectivity index (χ0v) is 17.0. The van der Waals surface area contributed by atoms with Crippen LogP contribution in [0.4, 0.5) is 0 Å². The maximum absolute atomic E-state index is 11.7. The monoisotopic (exact) mass is 361 g/mol. The molecule has 0 heterocycles. The predicted molar refractivity (Wildman–Crippen MR) is 109 cm³/mol. The lowest BCUT2D eigenvalue weighted by atomic mass is 10.1. The molecule has 0 saturated carbocycles. The van der Waals surface area contributed by atoms with Crippen LogP contribution in [0.3, 0.4) is 0 Å². The molecule has 0 radical (unpaired) electrons. The molecule has 0 spiro atoms. The number of carbonyl (C=O) groups is 1. The van der Waals surface area contributed by atoms with Gasteiger partial charge in [0.15, 0.2) is 5.96 Å². The van der Waals surface area contributed by atoms with E-state index in [9.17, 15) is 4.79 Å². The number of hydrogen-bond donors (Lipinski definition) is 2. The van der Waals surface area contributed by atoms with E-state index < -0.39 is 0 Å². The largest absolute Gasteiger partial charge is 0.356 e. The van der Waals surface area contributed by atoms with Crippen molar-refractivity contribution < 1.29 is 4.79 Å². The lowest BCUT2D eigenvalue weighted by Crippen LogP contribution is -2.41. The minimum absolute atomic E-state index is 0.00133. The van der Waals surface area contributed by atoms with Crippen molar-refractivity contribution in [2.75, 3.05) is 40.8 Å². The molecular weight excluding hydrogens is 326 g/mol. The number of hydrogen-bond acceptors (Lipinski definition) is 3. The van der Waals surface area contributed by atoms with E-state index in [1.165, 1.54) is 5.56 Å². The van der Waals surface area contributed by atoms with Crippen LogP contribution in [0.2, 0.25) is 0 Å². The summed E-state index contributed by atoms with van der Waals surface area (Å²) in [6, 6.07) is 10.9. The predicted octanol–water partition coefficient (Wildman–Crippen LogP) is 1.93. The van der Waals surface area contributed by atoms with Crippen LogP contribution in [0.25, 0.3) is 0 Å². The van der Waals surface area contributed by atoms with Gasteiger partial charge in [0.05, 0.1) is 0 Å². The van der Waals surface area contributed by atoms with Crippen LogP contribution in [0.1, 0.15) is 32.3 Å². The maximum Gasteiger partial charge on any atom is 0.243 e. The number of nitrogens with one attached hydrogen (secondary N) is 2. The van der Waals surface area contributed by atoms with Crippen LogP contribution < -0.4 is 10.6 Å². The summed E-state index contributed by atoms with van der Waals surface area (Å²) in [6.07, 6.45) is 2.01. The molecule has 6 heteroatoms. The summed E-state index contributed by atoms with van der Waals surface area (Å²) in [6.45, 7) is 7.09. The number of rotatable bonds is 10. The van der Waals surface area contributed by atoms with E-state index in [0.717, 1.165) is 32.5 Å². The van der Waals surface area contributed by atoms with Crippen molar-refractivity contribution >= 4 is 11.9 Å². The van der Waals surface area contributed by atoms with Gasteiger partial charge in [-0.05, 0) is 32.4 Å². The first kappa shape index (κ1) is 22.0. The van der Waals surface area contributed by atoms with Gasteiger partial charge < -0.3 is 15.5 Å². The highest BCUT2D eigenvalue weighted by molar-refractivity contribution is 5.84. The molecule has 0 aromatic heterocycles. The number of nitrogens with zero attached hydrogens (tertiary/aromatic N) is 3. The molecule has 0 saturated heterocycles. The molecule has 1 rings (SSSR count). The molecule has 0 aliphatic carbocycles. The molecule has 0 aliphatic heterocycles. The van der Waals surface area contributed by atoms with Crippen molar-refractivity contribution in [2.45, 2.75) is 39.3 Å². The molecule has 1 aromatic rings. The third-order valence-electron chi connectivity index (χ3n) is 4.30. The van der Waals surface area contributed by atoms with Gasteiger partial charge in [0.1, 0.15) is 6.54 Å². The van der Waals surface area contributed by atoms with Crippen molar-refractivity contribution in [2.24, 2.45) is 4.99 Å². The van der Waals surface area contributed by atoms with Gasteiger partial charge >= 0.3 is 0 Å². The second-order valence-corrected chi connectivity index (χ2v) is 6.84. The molecule has 1 aromatic carbocycles. The maximum atomic E-state index is 11.7. The smallest absolute Gasteiger partial charge is 0.243 e. The van der Waals surface area contributed by atoms with Crippen molar-refractivity contribution in [3.05, 3.63) is 35.9 Å². The fourth-order valence-corrected chi connectivity index (χ4v) is 2.35. The van der Waals surface area contributed by atoms with E-state index in [1.807, 2.05) is 6.07 Å². The van der Waals surface area contributed by atoms with Gasteiger partial charge in [0.25, 0.3) is 0 Å². The highest BCUT2D eigenvalue weighted by Crippen LogP contribution is 2.07. The van der Waals surface area contributed by atoms with Gasteiger partial charge in [0.2, 0.25) is 5.91 Å². The summed E-state index contributed by atoms with van der Waals surface area (Å²) in [5.74, 6) is 0.707. The Morgan fingerprint density at radius 3 is 2.38 bits per heavy atom. The Morgan fingerprint density at radius 1 is 1.12 bits per heavy atom. The highest BCUT2D eigenvalue weighted by atomic mass is 16.2.